The number of aryl methyl sites for hydroxylation is 2. The molecule has 4 aromatic rings. The molecule has 0 saturated heterocycles. The summed E-state index contributed by atoms with van der Waals surface area (Å²) in [7, 11) is 0. The molecular formula is C21H16Cl2N4. The van der Waals surface area contributed by atoms with E-state index in [0.717, 1.165) is 53.0 Å². The molecule has 0 atom stereocenters. The SMILES string of the molecule is Cc1cccc(-c2nn3c(c2-c2ccnc4c(Cl)c(Cl)ccc24)CCC3)n1. The van der Waals surface area contributed by atoms with E-state index in [1.54, 1.807) is 6.20 Å². The molecule has 0 fully saturated rings. The molecule has 0 spiro atoms. The van der Waals surface area contributed by atoms with Crippen molar-refractivity contribution in [1.29, 1.82) is 0 Å². The van der Waals surface area contributed by atoms with Crippen LogP contribution in [-0.2, 0) is 13.0 Å². The molecule has 0 N–H and O–H groups in total. The van der Waals surface area contributed by atoms with Crippen molar-refractivity contribution in [3.63, 3.8) is 0 Å². The number of hydrogen-bond acceptors (Lipinski definition) is 3. The summed E-state index contributed by atoms with van der Waals surface area (Å²) in [6, 6.07) is 11.9. The van der Waals surface area contributed by atoms with Crippen LogP contribution in [0.4, 0.5) is 0 Å². The van der Waals surface area contributed by atoms with Crippen LogP contribution in [0, 0.1) is 6.92 Å². The molecule has 4 heterocycles. The lowest BCUT2D eigenvalue weighted by molar-refractivity contribution is 0.658. The lowest BCUT2D eigenvalue weighted by Crippen LogP contribution is -1.95. The van der Waals surface area contributed by atoms with Gasteiger partial charge in [0.15, 0.2) is 0 Å². The Balaban J connectivity index is 1.84. The highest BCUT2D eigenvalue weighted by Crippen LogP contribution is 2.41. The van der Waals surface area contributed by atoms with Crippen LogP contribution >= 0.6 is 23.2 Å². The molecule has 134 valence electrons. The van der Waals surface area contributed by atoms with E-state index in [0.29, 0.717) is 15.6 Å². The average Bonchev–Trinajstić information content (AvgIpc) is 3.25. The first-order valence-corrected chi connectivity index (χ1v) is 9.66. The van der Waals surface area contributed by atoms with E-state index in [-0.39, 0.29) is 0 Å². The third-order valence-corrected chi connectivity index (χ3v) is 5.84. The maximum absolute atomic E-state index is 6.43. The number of hydrogen-bond donors (Lipinski definition) is 0. The van der Waals surface area contributed by atoms with Gasteiger partial charge in [0, 0.05) is 35.1 Å². The molecule has 0 radical (unpaired) electrons. The number of halogens is 2. The van der Waals surface area contributed by atoms with Crippen molar-refractivity contribution in [3.8, 4) is 22.5 Å². The van der Waals surface area contributed by atoms with E-state index in [1.807, 2.05) is 43.3 Å². The fourth-order valence-electron chi connectivity index (χ4n) is 3.85. The number of benzene rings is 1. The Morgan fingerprint density at radius 2 is 1.96 bits per heavy atom. The van der Waals surface area contributed by atoms with Gasteiger partial charge >= 0.3 is 0 Å². The molecule has 1 aromatic carbocycles. The summed E-state index contributed by atoms with van der Waals surface area (Å²) in [6.07, 6.45) is 3.89. The van der Waals surface area contributed by atoms with Crippen LogP contribution in [0.25, 0.3) is 33.4 Å². The topological polar surface area (TPSA) is 43.6 Å². The normalized spacial score (nSPS) is 13.3. The van der Waals surface area contributed by atoms with Gasteiger partial charge in [0.05, 0.1) is 21.3 Å². The Morgan fingerprint density at radius 3 is 2.81 bits per heavy atom. The third kappa shape index (κ3) is 2.63. The molecule has 6 heteroatoms. The van der Waals surface area contributed by atoms with Crippen LogP contribution in [0.3, 0.4) is 0 Å². The van der Waals surface area contributed by atoms with Gasteiger partial charge < -0.3 is 0 Å². The van der Waals surface area contributed by atoms with Crippen molar-refractivity contribution in [1.82, 2.24) is 19.7 Å². The van der Waals surface area contributed by atoms with E-state index in [2.05, 4.69) is 9.67 Å². The van der Waals surface area contributed by atoms with E-state index >= 15 is 0 Å². The molecule has 0 saturated carbocycles. The summed E-state index contributed by atoms with van der Waals surface area (Å²) in [4.78, 5) is 9.18. The van der Waals surface area contributed by atoms with Crippen LogP contribution in [0.15, 0.2) is 42.6 Å². The van der Waals surface area contributed by atoms with Crippen molar-refractivity contribution in [3.05, 3.63) is 64.0 Å². The smallest absolute Gasteiger partial charge is 0.119 e. The maximum Gasteiger partial charge on any atom is 0.119 e. The average molecular weight is 395 g/mol. The van der Waals surface area contributed by atoms with Crippen molar-refractivity contribution in [2.45, 2.75) is 26.3 Å². The first kappa shape index (κ1) is 16.7. The van der Waals surface area contributed by atoms with Crippen molar-refractivity contribution in [2.24, 2.45) is 0 Å². The third-order valence-electron chi connectivity index (χ3n) is 5.05. The molecule has 1 aliphatic rings. The largest absolute Gasteiger partial charge is 0.268 e. The monoisotopic (exact) mass is 394 g/mol. The van der Waals surface area contributed by atoms with Crippen LogP contribution in [0.1, 0.15) is 17.8 Å². The van der Waals surface area contributed by atoms with Gasteiger partial charge in [-0.25, -0.2) is 0 Å². The minimum Gasteiger partial charge on any atom is -0.268 e. The standard InChI is InChI=1S/C21H16Cl2N4/c1-12-4-2-5-16(25-12)21-18(17-6-3-11-27(17)26-21)13-9-10-24-20-14(13)7-8-15(22)19(20)23/h2,4-5,7-10H,3,6,11H2,1H3. The molecule has 0 aliphatic carbocycles. The predicted octanol–water partition coefficient (Wildman–Crippen LogP) is 5.72. The second kappa shape index (κ2) is 6.32. The van der Waals surface area contributed by atoms with Crippen LogP contribution in [0.2, 0.25) is 10.0 Å². The molecule has 0 unspecified atom stereocenters. The molecular weight excluding hydrogens is 379 g/mol. The quantitative estimate of drug-likeness (QED) is 0.436. The zero-order valence-electron chi connectivity index (χ0n) is 14.7. The molecule has 27 heavy (non-hydrogen) atoms. The lowest BCUT2D eigenvalue weighted by Gasteiger charge is -2.10. The van der Waals surface area contributed by atoms with Crippen LogP contribution in [0.5, 0.6) is 0 Å². The molecule has 4 nitrogen and oxygen atoms in total. The maximum atomic E-state index is 6.43. The summed E-state index contributed by atoms with van der Waals surface area (Å²) in [6.45, 7) is 2.93. The van der Waals surface area contributed by atoms with E-state index in [4.69, 9.17) is 33.3 Å². The van der Waals surface area contributed by atoms with Gasteiger partial charge in [0.1, 0.15) is 5.69 Å². The van der Waals surface area contributed by atoms with E-state index in [9.17, 15) is 0 Å². The van der Waals surface area contributed by atoms with Crippen LogP contribution in [-0.4, -0.2) is 19.7 Å². The molecule has 1 aliphatic heterocycles. The zero-order chi connectivity index (χ0) is 18.5. The summed E-state index contributed by atoms with van der Waals surface area (Å²) < 4.78 is 2.11. The molecule has 0 amide bonds. The summed E-state index contributed by atoms with van der Waals surface area (Å²) >= 11 is 12.6. The summed E-state index contributed by atoms with van der Waals surface area (Å²) in [5.74, 6) is 0. The van der Waals surface area contributed by atoms with Gasteiger partial charge in [-0.3, -0.25) is 14.6 Å². The highest BCUT2D eigenvalue weighted by Gasteiger charge is 2.26. The number of nitrogens with zero attached hydrogens (tertiary/aromatic N) is 4. The predicted molar refractivity (Wildman–Crippen MR) is 109 cm³/mol. The highest BCUT2D eigenvalue weighted by atomic mass is 35.5. The summed E-state index contributed by atoms with van der Waals surface area (Å²) in [5, 5.41) is 6.87. The fraction of sp³-hybridized carbons (Fsp3) is 0.190. The number of rotatable bonds is 2. The van der Waals surface area contributed by atoms with Crippen molar-refractivity contribution >= 4 is 34.1 Å². The first-order chi connectivity index (χ1) is 13.1. The minimum atomic E-state index is 0.482. The Labute approximate surface area is 166 Å². The van der Waals surface area contributed by atoms with Crippen molar-refractivity contribution in [2.75, 3.05) is 0 Å². The van der Waals surface area contributed by atoms with Crippen LogP contribution < -0.4 is 0 Å². The second-order valence-corrected chi connectivity index (χ2v) is 7.56. The minimum absolute atomic E-state index is 0.482. The Morgan fingerprint density at radius 1 is 1.07 bits per heavy atom. The first-order valence-electron chi connectivity index (χ1n) is 8.90. The zero-order valence-corrected chi connectivity index (χ0v) is 16.2. The highest BCUT2D eigenvalue weighted by molar-refractivity contribution is 6.45. The van der Waals surface area contributed by atoms with Gasteiger partial charge in [-0.1, -0.05) is 35.3 Å². The van der Waals surface area contributed by atoms with Crippen molar-refractivity contribution < 1.29 is 0 Å². The van der Waals surface area contributed by atoms with Gasteiger partial charge in [0.2, 0.25) is 0 Å². The number of pyridine rings is 2. The van der Waals surface area contributed by atoms with E-state index in [1.165, 1.54) is 5.69 Å². The Kier molecular flexibility index (Phi) is 3.92. The Bertz CT molecular complexity index is 1200. The summed E-state index contributed by atoms with van der Waals surface area (Å²) in [5.41, 5.74) is 6.91. The fourth-order valence-corrected chi connectivity index (χ4v) is 4.21. The number of aromatic nitrogens is 4. The van der Waals surface area contributed by atoms with E-state index < -0.39 is 0 Å². The Hall–Kier alpha value is -2.43. The van der Waals surface area contributed by atoms with Gasteiger partial charge in [-0.05, 0) is 49.6 Å². The lowest BCUT2D eigenvalue weighted by atomic mass is 9.96. The molecule has 5 rings (SSSR count). The second-order valence-electron chi connectivity index (χ2n) is 6.78. The number of fused-ring (bicyclic) bond motifs is 2. The van der Waals surface area contributed by atoms with Gasteiger partial charge in [0.25, 0.3) is 0 Å². The molecule has 3 aromatic heterocycles. The van der Waals surface area contributed by atoms with Gasteiger partial charge in [-0.15, -0.1) is 0 Å². The molecule has 0 bridgehead atoms. The van der Waals surface area contributed by atoms with Gasteiger partial charge in [-0.2, -0.15) is 5.10 Å².